The van der Waals surface area contributed by atoms with Crippen LogP contribution < -0.4 is 11.1 Å². The fraction of sp³-hybridized carbons (Fsp3) is 0.909. The van der Waals surface area contributed by atoms with Gasteiger partial charge in [0.05, 0.1) is 12.5 Å². The third-order valence-electron chi connectivity index (χ3n) is 5.44. The number of nitrogens with zero attached hydrogens (tertiary/aromatic N) is 1. The van der Waals surface area contributed by atoms with Crippen molar-refractivity contribution in [3.05, 3.63) is 0 Å². The largest absolute Gasteiger partial charge is 0.393 e. The molecule has 7 N–H and O–H groups in total. The minimum absolute atomic E-state index is 0.0795. The van der Waals surface area contributed by atoms with Gasteiger partial charge in [0.1, 0.15) is 29.5 Å². The van der Waals surface area contributed by atoms with Crippen LogP contribution in [0.2, 0.25) is 0 Å². The highest BCUT2D eigenvalue weighted by atomic mass is 16.9. The van der Waals surface area contributed by atoms with Crippen LogP contribution in [0.4, 0.5) is 0 Å². The lowest BCUT2D eigenvalue weighted by atomic mass is 9.56. The zero-order valence-electron chi connectivity index (χ0n) is 10.7. The molecule has 5 fully saturated rings. The second-order valence-corrected chi connectivity index (χ2v) is 6.31. The highest BCUT2D eigenvalue weighted by Gasteiger charge is 2.86. The van der Waals surface area contributed by atoms with E-state index in [-0.39, 0.29) is 5.96 Å². The predicted molar refractivity (Wildman–Crippen MR) is 62.4 cm³/mol. The fourth-order valence-electron chi connectivity index (χ4n) is 4.65. The molecule has 0 aromatic rings. The summed E-state index contributed by atoms with van der Waals surface area (Å²) in [7, 11) is 0. The molecule has 10 heteroatoms. The van der Waals surface area contributed by atoms with Crippen molar-refractivity contribution in [2.24, 2.45) is 16.6 Å². The number of nitrogens with one attached hydrogen (secondary N) is 1. The van der Waals surface area contributed by atoms with Crippen LogP contribution >= 0.6 is 0 Å². The lowest BCUT2D eigenvalue weighted by molar-refractivity contribution is -0.529. The van der Waals surface area contributed by atoms with Crippen molar-refractivity contribution in [2.75, 3.05) is 6.61 Å². The van der Waals surface area contributed by atoms with Crippen molar-refractivity contribution in [1.82, 2.24) is 5.32 Å². The van der Waals surface area contributed by atoms with Gasteiger partial charge in [0, 0.05) is 0 Å². The normalized spacial score (nSPS) is 66.2. The summed E-state index contributed by atoms with van der Waals surface area (Å²) in [5.41, 5.74) is 2.70. The van der Waals surface area contributed by atoms with E-state index in [4.69, 9.17) is 19.9 Å². The number of aliphatic hydroxyl groups is 4. The van der Waals surface area contributed by atoms with E-state index < -0.39 is 60.3 Å². The molecule has 1 spiro atoms. The highest BCUT2D eigenvalue weighted by molar-refractivity contribution is 5.80. The zero-order chi connectivity index (χ0) is 14.8. The third-order valence-corrected chi connectivity index (χ3v) is 5.44. The Bertz CT molecular complexity index is 574. The summed E-state index contributed by atoms with van der Waals surface area (Å²) in [6.07, 6.45) is -5.35. The number of hydrogen-bond donors (Lipinski definition) is 6. The van der Waals surface area contributed by atoms with Gasteiger partial charge in [0.25, 0.3) is 0 Å². The average Bonchev–Trinajstić information content (AvgIpc) is 2.59. The Labute approximate surface area is 118 Å². The Morgan fingerprint density at radius 1 is 1.29 bits per heavy atom. The van der Waals surface area contributed by atoms with Gasteiger partial charge >= 0.3 is 5.97 Å². The van der Waals surface area contributed by atoms with Gasteiger partial charge in [-0.2, -0.15) is 0 Å². The van der Waals surface area contributed by atoms with Crippen LogP contribution in [-0.4, -0.2) is 80.7 Å². The molecule has 0 aromatic heterocycles. The molecule has 116 valence electrons. The molecule has 21 heavy (non-hydrogen) atoms. The Morgan fingerprint density at radius 2 is 2.00 bits per heavy atom. The summed E-state index contributed by atoms with van der Waals surface area (Å²) >= 11 is 0. The minimum Gasteiger partial charge on any atom is -0.393 e. The summed E-state index contributed by atoms with van der Waals surface area (Å²) in [4.78, 5) is 4.09. The van der Waals surface area contributed by atoms with Crippen LogP contribution in [0.5, 0.6) is 0 Å². The zero-order valence-corrected chi connectivity index (χ0v) is 10.7. The van der Waals surface area contributed by atoms with Gasteiger partial charge in [-0.05, 0) is 0 Å². The molecule has 7 bridgehead atoms. The number of guanidine groups is 1. The minimum atomic E-state index is -2.13. The second kappa shape index (κ2) is 3.18. The van der Waals surface area contributed by atoms with Crippen molar-refractivity contribution in [3.63, 3.8) is 0 Å². The maximum Gasteiger partial charge on any atom is 0.311 e. The Hall–Kier alpha value is -1.01. The number of hydrogen-bond acceptors (Lipinski definition) is 10. The molecular weight excluding hydrogens is 286 g/mol. The van der Waals surface area contributed by atoms with Crippen molar-refractivity contribution >= 4 is 5.96 Å². The molecule has 9 atom stereocenters. The number of ether oxygens (including phenoxy) is 3. The molecule has 6 rings (SSSR count). The first kappa shape index (κ1) is 12.5. The summed E-state index contributed by atoms with van der Waals surface area (Å²) in [5.74, 6) is -2.66. The van der Waals surface area contributed by atoms with Gasteiger partial charge in [0.15, 0.2) is 18.3 Å². The fourth-order valence-corrected chi connectivity index (χ4v) is 4.65. The summed E-state index contributed by atoms with van der Waals surface area (Å²) in [5, 5.41) is 44.4. The quantitative estimate of drug-likeness (QED) is 0.281. The molecule has 4 saturated heterocycles. The SMILES string of the molecule is NC1=N[C@H]2O[C@@H]3[C@]4(O)O[C@@H]5[C@@H]2[C@]3(N1)[C@@H](O)[C@@H](O4)[C@@]5(O)CO. The third kappa shape index (κ3) is 1.03. The van der Waals surface area contributed by atoms with Crippen molar-refractivity contribution in [3.8, 4) is 0 Å². The van der Waals surface area contributed by atoms with Gasteiger partial charge in [-0.3, -0.25) is 0 Å². The van der Waals surface area contributed by atoms with E-state index in [2.05, 4.69) is 10.3 Å². The van der Waals surface area contributed by atoms with Crippen molar-refractivity contribution < 1.29 is 34.6 Å². The van der Waals surface area contributed by atoms with Crippen LogP contribution in [0.25, 0.3) is 0 Å². The Morgan fingerprint density at radius 3 is 2.71 bits per heavy atom. The lowest BCUT2D eigenvalue weighted by Gasteiger charge is -2.68. The predicted octanol–water partition coefficient (Wildman–Crippen LogP) is -4.47. The highest BCUT2D eigenvalue weighted by Crippen LogP contribution is 2.63. The summed E-state index contributed by atoms with van der Waals surface area (Å²) in [6, 6.07) is 0. The molecule has 0 amide bonds. The Kier molecular flexibility index (Phi) is 1.89. The number of rotatable bonds is 1. The van der Waals surface area contributed by atoms with Crippen LogP contribution in [0.15, 0.2) is 4.99 Å². The van der Waals surface area contributed by atoms with Crippen LogP contribution in [0.1, 0.15) is 0 Å². The molecule has 1 aliphatic carbocycles. The summed E-state index contributed by atoms with van der Waals surface area (Å²) < 4.78 is 16.4. The van der Waals surface area contributed by atoms with Gasteiger partial charge in [0.2, 0.25) is 0 Å². The molecule has 0 aromatic carbocycles. The molecule has 5 heterocycles. The van der Waals surface area contributed by atoms with E-state index in [1.54, 1.807) is 0 Å². The monoisotopic (exact) mass is 301 g/mol. The van der Waals surface area contributed by atoms with Crippen LogP contribution in [0, 0.1) is 5.92 Å². The molecule has 10 nitrogen and oxygen atoms in total. The molecule has 0 unspecified atom stereocenters. The maximum absolute atomic E-state index is 10.7. The van der Waals surface area contributed by atoms with Crippen LogP contribution in [0.3, 0.4) is 0 Å². The number of aliphatic hydroxyl groups excluding tert-OH is 2. The number of nitrogens with two attached hydrogens (primary N) is 1. The lowest BCUT2D eigenvalue weighted by Crippen LogP contribution is -2.92. The van der Waals surface area contributed by atoms with E-state index in [1.165, 1.54) is 0 Å². The topological polar surface area (TPSA) is 159 Å². The molecule has 0 radical (unpaired) electrons. The summed E-state index contributed by atoms with van der Waals surface area (Å²) in [6.45, 7) is -0.696. The Balaban J connectivity index is 1.77. The van der Waals surface area contributed by atoms with E-state index in [9.17, 15) is 20.4 Å². The van der Waals surface area contributed by atoms with Gasteiger partial charge < -0.3 is 45.7 Å². The first-order chi connectivity index (χ1) is 9.87. The van der Waals surface area contributed by atoms with E-state index in [0.717, 1.165) is 0 Å². The van der Waals surface area contributed by atoms with Crippen LogP contribution in [-0.2, 0) is 14.2 Å². The van der Waals surface area contributed by atoms with Gasteiger partial charge in [-0.1, -0.05) is 0 Å². The average molecular weight is 301 g/mol. The van der Waals surface area contributed by atoms with Crippen molar-refractivity contribution in [1.29, 1.82) is 0 Å². The van der Waals surface area contributed by atoms with E-state index >= 15 is 0 Å². The number of aliphatic imine (C=N–C) groups is 1. The first-order valence-corrected chi connectivity index (χ1v) is 6.73. The van der Waals surface area contributed by atoms with E-state index in [0.29, 0.717) is 0 Å². The van der Waals surface area contributed by atoms with Crippen molar-refractivity contribution in [2.45, 2.75) is 47.8 Å². The molecule has 6 aliphatic rings. The second-order valence-electron chi connectivity index (χ2n) is 6.31. The van der Waals surface area contributed by atoms with E-state index in [1.807, 2.05) is 0 Å². The standard InChI is InChI=1S/C11H15N3O7/c12-8-13-6-2-4-9(17,1-15)5-3(16)10(2,14-8)7(19-6)11(18,20-4)21-5/h2-7,15-18H,1H2,(H3,12,13,14)/t2-,3-,4+,5+,6-,7-,9+,10-,11-/m0/s1. The maximum atomic E-state index is 10.7. The van der Waals surface area contributed by atoms with Gasteiger partial charge in [-0.15, -0.1) is 0 Å². The molecule has 1 saturated carbocycles. The first-order valence-electron chi connectivity index (χ1n) is 6.73. The smallest absolute Gasteiger partial charge is 0.311 e. The molecular formula is C11H15N3O7. The molecule has 5 aliphatic heterocycles. The van der Waals surface area contributed by atoms with Gasteiger partial charge in [-0.25, -0.2) is 4.99 Å².